The number of aromatic amines is 1. The first-order chi connectivity index (χ1) is 12.1. The van der Waals surface area contributed by atoms with Crippen LogP contribution in [0.1, 0.15) is 31.2 Å². The third-order valence-electron chi connectivity index (χ3n) is 4.67. The number of nitrogens with one attached hydrogen (secondary N) is 1. The van der Waals surface area contributed by atoms with Crippen molar-refractivity contribution in [2.24, 2.45) is 0 Å². The van der Waals surface area contributed by atoms with Crippen molar-refractivity contribution in [2.45, 2.75) is 51.2 Å². The molecule has 144 valence electrons. The van der Waals surface area contributed by atoms with Crippen LogP contribution in [0.15, 0.2) is 4.79 Å². The summed E-state index contributed by atoms with van der Waals surface area (Å²) >= 11 is 0. The predicted octanol–water partition coefficient (Wildman–Crippen LogP) is 0.709. The summed E-state index contributed by atoms with van der Waals surface area (Å²) in [5, 5.41) is 21.1. The quantitative estimate of drug-likeness (QED) is 0.657. The monoisotopic (exact) mass is 382 g/mol. The first-order valence-electron chi connectivity index (χ1n) is 8.79. The molecular weight excluding hydrogens is 355 g/mol. The van der Waals surface area contributed by atoms with Gasteiger partial charge in [-0.25, -0.2) is 9.97 Å². The predicted molar refractivity (Wildman–Crippen MR) is 104 cm³/mol. The highest BCUT2D eigenvalue weighted by molar-refractivity contribution is 7.72. The summed E-state index contributed by atoms with van der Waals surface area (Å²) in [7, 11) is 0. The van der Waals surface area contributed by atoms with Gasteiger partial charge < -0.3 is 19.9 Å². The van der Waals surface area contributed by atoms with Crippen LogP contribution in [0.4, 0.5) is 0 Å². The van der Waals surface area contributed by atoms with Crippen molar-refractivity contribution in [3.63, 3.8) is 0 Å². The van der Waals surface area contributed by atoms with Crippen molar-refractivity contribution in [1.82, 2.24) is 19.5 Å². The molecule has 9 heteroatoms. The van der Waals surface area contributed by atoms with Crippen molar-refractivity contribution in [3.05, 3.63) is 22.0 Å². The lowest BCUT2D eigenvalue weighted by atomic mass is 10.1. The Morgan fingerprint density at radius 1 is 1.31 bits per heavy atom. The Morgan fingerprint density at radius 3 is 2.62 bits per heavy atom. The number of H-pyrrole nitrogens is 1. The van der Waals surface area contributed by atoms with E-state index in [1.54, 1.807) is 11.5 Å². The largest absolute Gasteiger partial charge is 0.388 e. The minimum atomic E-state index is -1.26. The molecule has 26 heavy (non-hydrogen) atoms. The molecule has 0 saturated carbocycles. The maximum absolute atomic E-state index is 12.2. The van der Waals surface area contributed by atoms with Gasteiger partial charge in [-0.1, -0.05) is 6.92 Å². The smallest absolute Gasteiger partial charge is 0.279 e. The topological polar surface area (TPSA) is 113 Å². The lowest BCUT2D eigenvalue weighted by Gasteiger charge is -2.19. The van der Waals surface area contributed by atoms with Crippen molar-refractivity contribution < 1.29 is 14.9 Å². The number of ether oxygens (including phenoxy) is 1. The molecule has 1 aliphatic rings. The van der Waals surface area contributed by atoms with Gasteiger partial charge in [-0.2, -0.15) is 0 Å². The van der Waals surface area contributed by atoms with E-state index < -0.39 is 31.4 Å². The molecule has 0 bridgehead atoms. The lowest BCUT2D eigenvalue weighted by Crippen LogP contribution is -2.32. The number of hydrogen-bond acceptors (Lipinski definition) is 6. The van der Waals surface area contributed by atoms with Gasteiger partial charge in [0.25, 0.3) is 5.56 Å². The van der Waals surface area contributed by atoms with Crippen LogP contribution in [0.3, 0.4) is 0 Å². The number of aliphatic hydroxyl groups is 2. The van der Waals surface area contributed by atoms with E-state index in [9.17, 15) is 15.0 Å². The number of imidazole rings is 1. The van der Waals surface area contributed by atoms with Crippen LogP contribution in [0, 0.1) is 6.92 Å². The first kappa shape index (κ1) is 19.3. The van der Waals surface area contributed by atoms with E-state index in [1.807, 2.05) is 6.92 Å². The Labute approximate surface area is 152 Å². The molecule has 0 unspecified atom stereocenters. The number of nitrogens with zero attached hydrogens (tertiary/aromatic N) is 3. The highest BCUT2D eigenvalue weighted by Gasteiger charge is 2.44. The maximum atomic E-state index is 12.2. The van der Waals surface area contributed by atoms with Gasteiger partial charge >= 0.3 is 0 Å². The first-order valence-corrected chi connectivity index (χ1v) is 11.8. The summed E-state index contributed by atoms with van der Waals surface area (Å²) < 4.78 is 7.67. The molecule has 3 rings (SSSR count). The molecule has 4 atom stereocenters. The fourth-order valence-corrected chi connectivity index (χ4v) is 4.27. The molecule has 0 aliphatic carbocycles. The average Bonchev–Trinajstić information content (AvgIpc) is 3.04. The second-order valence-electron chi connectivity index (χ2n) is 7.57. The number of aryl methyl sites for hydroxylation is 2. The zero-order valence-corrected chi connectivity index (χ0v) is 16.5. The zero-order valence-electron chi connectivity index (χ0n) is 15.6. The number of aromatic nitrogens is 4. The molecule has 0 spiro atoms. The van der Waals surface area contributed by atoms with Crippen LogP contribution in [-0.4, -0.2) is 73.8 Å². The summed E-state index contributed by atoms with van der Waals surface area (Å²) in [6, 6.07) is 0. The fraction of sp³-hybridized carbons (Fsp3) is 0.647. The van der Waals surface area contributed by atoms with E-state index in [0.29, 0.717) is 30.1 Å². The molecule has 0 amide bonds. The Kier molecular flexibility index (Phi) is 5.14. The number of fused-ring (bicyclic) bond motifs is 1. The molecular formula is C17H27N4O4P. The second-order valence-corrected chi connectivity index (χ2v) is 11.9. The highest BCUT2D eigenvalue weighted by atomic mass is 31.2. The van der Waals surface area contributed by atoms with Crippen LogP contribution in [0.5, 0.6) is 0 Å². The third kappa shape index (κ3) is 3.51. The Morgan fingerprint density at radius 2 is 2.00 bits per heavy atom. The minimum Gasteiger partial charge on any atom is -0.388 e. The van der Waals surface area contributed by atoms with Crippen LogP contribution in [0.25, 0.3) is 11.2 Å². The van der Waals surface area contributed by atoms with E-state index in [2.05, 4.69) is 34.6 Å². The number of rotatable bonds is 5. The van der Waals surface area contributed by atoms with Crippen LogP contribution < -0.4 is 5.56 Å². The summed E-state index contributed by atoms with van der Waals surface area (Å²) in [5.41, 5.74) is 0.255. The summed E-state index contributed by atoms with van der Waals surface area (Å²) in [6.45, 7) is 6.58. The summed E-state index contributed by atoms with van der Waals surface area (Å²) in [6.07, 6.45) is 2.78. The maximum Gasteiger partial charge on any atom is 0.279 e. The molecule has 1 aliphatic heterocycles. The minimum absolute atomic E-state index is 0.214. The van der Waals surface area contributed by atoms with Gasteiger partial charge in [0.15, 0.2) is 17.4 Å². The average molecular weight is 382 g/mol. The van der Waals surface area contributed by atoms with Crippen molar-refractivity contribution in [2.75, 3.05) is 19.5 Å². The number of aliphatic hydroxyl groups excluding tert-OH is 2. The second kappa shape index (κ2) is 6.93. The van der Waals surface area contributed by atoms with Crippen molar-refractivity contribution in [1.29, 1.82) is 0 Å². The lowest BCUT2D eigenvalue weighted by molar-refractivity contribution is -0.0367. The van der Waals surface area contributed by atoms with E-state index in [0.717, 1.165) is 6.16 Å². The fourth-order valence-electron chi connectivity index (χ4n) is 3.31. The highest BCUT2D eigenvalue weighted by Crippen LogP contribution is 2.40. The van der Waals surface area contributed by atoms with E-state index in [-0.39, 0.29) is 11.1 Å². The van der Waals surface area contributed by atoms with Gasteiger partial charge in [0, 0.05) is 6.42 Å². The van der Waals surface area contributed by atoms with E-state index in [1.165, 1.54) is 0 Å². The Hall–Kier alpha value is -1.47. The third-order valence-corrected chi connectivity index (χ3v) is 6.14. The molecule has 3 heterocycles. The van der Waals surface area contributed by atoms with E-state index in [4.69, 9.17) is 4.74 Å². The normalized spacial score (nSPS) is 26.7. The molecule has 0 aromatic carbocycles. The number of hydrogen-bond donors (Lipinski definition) is 3. The molecule has 3 N–H and O–H groups in total. The Balaban J connectivity index is 2.01. The summed E-state index contributed by atoms with van der Waals surface area (Å²) in [4.78, 5) is 23.6. The standard InChI is InChI=1S/C17H27N4O4P/c1-6-11-20-12-15(18-9(2)19-16(12)24)21(11)17-14(23)13(22)10(25-17)7-8-26(3,4)5/h10,13-14,17,22-23H,3,6-8H2,1-2,4-5H3,(H,18,19,24)/t10-,13-,14-,17-/m1/s1. The van der Waals surface area contributed by atoms with Crippen LogP contribution in [0.2, 0.25) is 0 Å². The Bertz CT molecular complexity index is 915. The van der Waals surface area contributed by atoms with Gasteiger partial charge in [-0.05, 0) is 32.8 Å². The van der Waals surface area contributed by atoms with Crippen molar-refractivity contribution in [3.8, 4) is 0 Å². The van der Waals surface area contributed by atoms with Crippen LogP contribution >= 0.6 is 6.89 Å². The molecule has 2 aromatic heterocycles. The molecule has 8 nitrogen and oxygen atoms in total. The van der Waals surface area contributed by atoms with Gasteiger partial charge in [-0.3, -0.25) is 9.36 Å². The van der Waals surface area contributed by atoms with Gasteiger partial charge in [-0.15, -0.1) is 13.2 Å². The summed E-state index contributed by atoms with van der Waals surface area (Å²) in [5.74, 6) is 1.05. The van der Waals surface area contributed by atoms with Gasteiger partial charge in [0.05, 0.1) is 6.10 Å². The SMILES string of the molecule is C=P(C)(C)CC[C@H]1O[C@@H](n2c(CC)nc3c(=O)[nH]c(C)nc32)[C@H](O)[C@@H]1O. The zero-order chi connectivity index (χ0) is 19.2. The van der Waals surface area contributed by atoms with Gasteiger partial charge in [0.2, 0.25) is 0 Å². The van der Waals surface area contributed by atoms with Crippen molar-refractivity contribution >= 4 is 24.3 Å². The molecule has 1 fully saturated rings. The molecule has 0 radical (unpaired) electrons. The molecule has 2 aromatic rings. The van der Waals surface area contributed by atoms with Crippen LogP contribution in [-0.2, 0) is 11.2 Å². The molecule has 1 saturated heterocycles. The van der Waals surface area contributed by atoms with Gasteiger partial charge in [0.1, 0.15) is 23.9 Å². The van der Waals surface area contributed by atoms with E-state index >= 15 is 0 Å².